The first-order valence-electron chi connectivity index (χ1n) is 7.88. The van der Waals surface area contributed by atoms with Crippen LogP contribution in [0.15, 0.2) is 24.3 Å². The highest BCUT2D eigenvalue weighted by atomic mass is 16.5. The van der Waals surface area contributed by atoms with Crippen LogP contribution in [0.5, 0.6) is 0 Å². The zero-order chi connectivity index (χ0) is 14.9. The van der Waals surface area contributed by atoms with E-state index in [0.717, 1.165) is 45.8 Å². The Balaban J connectivity index is 1.80. The largest absolute Gasteiger partial charge is 0.385 e. The first kappa shape index (κ1) is 16.3. The van der Waals surface area contributed by atoms with Gasteiger partial charge in [-0.2, -0.15) is 0 Å². The molecular formula is C17H28N2O2. The molecule has 1 aromatic rings. The molecule has 0 aromatic heterocycles. The molecule has 2 rings (SSSR count). The van der Waals surface area contributed by atoms with Crippen LogP contribution in [-0.4, -0.2) is 58.5 Å². The van der Waals surface area contributed by atoms with Crippen LogP contribution in [0.4, 0.5) is 5.69 Å². The topological polar surface area (TPSA) is 33.7 Å². The summed E-state index contributed by atoms with van der Waals surface area (Å²) in [5, 5.41) is 3.51. The fraction of sp³-hybridized carbons (Fsp3) is 0.647. The van der Waals surface area contributed by atoms with Crippen LogP contribution in [0.3, 0.4) is 0 Å². The lowest BCUT2D eigenvalue weighted by Gasteiger charge is -2.23. The molecule has 4 nitrogen and oxygen atoms in total. The Bertz CT molecular complexity index is 412. The SMILES string of the molecule is COCCCN(CCOC)CCC1CNc2ccccc21. The molecule has 0 fully saturated rings. The summed E-state index contributed by atoms with van der Waals surface area (Å²) < 4.78 is 10.4. The minimum absolute atomic E-state index is 0.633. The van der Waals surface area contributed by atoms with Crippen molar-refractivity contribution in [1.82, 2.24) is 4.90 Å². The second-order valence-electron chi connectivity index (χ2n) is 5.63. The van der Waals surface area contributed by atoms with Gasteiger partial charge in [0, 0.05) is 52.1 Å². The maximum absolute atomic E-state index is 5.22. The van der Waals surface area contributed by atoms with Crippen LogP contribution in [0.25, 0.3) is 0 Å². The number of benzene rings is 1. The Morgan fingerprint density at radius 1 is 1.10 bits per heavy atom. The van der Waals surface area contributed by atoms with E-state index < -0.39 is 0 Å². The maximum Gasteiger partial charge on any atom is 0.0589 e. The number of hydrogen-bond acceptors (Lipinski definition) is 4. The fourth-order valence-corrected chi connectivity index (χ4v) is 2.94. The highest BCUT2D eigenvalue weighted by molar-refractivity contribution is 5.57. The van der Waals surface area contributed by atoms with Gasteiger partial charge in [0.25, 0.3) is 0 Å². The first-order chi connectivity index (χ1) is 10.3. The molecule has 0 saturated heterocycles. The molecule has 1 aliphatic heterocycles. The van der Waals surface area contributed by atoms with Crippen LogP contribution < -0.4 is 5.32 Å². The quantitative estimate of drug-likeness (QED) is 0.672. The summed E-state index contributed by atoms with van der Waals surface area (Å²) >= 11 is 0. The molecule has 0 radical (unpaired) electrons. The van der Waals surface area contributed by atoms with E-state index in [1.54, 1.807) is 14.2 Å². The van der Waals surface area contributed by atoms with E-state index in [2.05, 4.69) is 34.5 Å². The van der Waals surface area contributed by atoms with Crippen LogP contribution >= 0.6 is 0 Å². The molecule has 1 heterocycles. The molecule has 21 heavy (non-hydrogen) atoms. The van der Waals surface area contributed by atoms with Crippen LogP contribution in [0, 0.1) is 0 Å². The van der Waals surface area contributed by atoms with Gasteiger partial charge < -0.3 is 19.7 Å². The molecule has 1 aliphatic rings. The molecule has 1 N–H and O–H groups in total. The Morgan fingerprint density at radius 3 is 2.71 bits per heavy atom. The molecule has 0 amide bonds. The Morgan fingerprint density at radius 2 is 1.90 bits per heavy atom. The molecule has 118 valence electrons. The second-order valence-corrected chi connectivity index (χ2v) is 5.63. The monoisotopic (exact) mass is 292 g/mol. The molecule has 1 aromatic carbocycles. The molecular weight excluding hydrogens is 264 g/mol. The Hall–Kier alpha value is -1.10. The first-order valence-corrected chi connectivity index (χ1v) is 7.88. The van der Waals surface area contributed by atoms with E-state index >= 15 is 0 Å². The normalized spacial score (nSPS) is 17.0. The standard InChI is InChI=1S/C17H28N2O2/c1-20-12-5-9-19(11-13-21-2)10-8-15-14-18-17-7-4-3-6-16(15)17/h3-4,6-7,15,18H,5,8-14H2,1-2H3. The van der Waals surface area contributed by atoms with Crippen LogP contribution in [-0.2, 0) is 9.47 Å². The smallest absolute Gasteiger partial charge is 0.0589 e. The number of anilines is 1. The van der Waals surface area contributed by atoms with Crippen molar-refractivity contribution in [2.45, 2.75) is 18.8 Å². The molecule has 0 aliphatic carbocycles. The van der Waals surface area contributed by atoms with Gasteiger partial charge in [-0.3, -0.25) is 0 Å². The van der Waals surface area contributed by atoms with E-state index in [-0.39, 0.29) is 0 Å². The summed E-state index contributed by atoms with van der Waals surface area (Å²) in [5.74, 6) is 0.633. The van der Waals surface area contributed by atoms with Crippen LogP contribution in [0.2, 0.25) is 0 Å². The molecule has 0 saturated carbocycles. The average Bonchev–Trinajstić information content (AvgIpc) is 2.93. The van der Waals surface area contributed by atoms with Gasteiger partial charge in [0.2, 0.25) is 0 Å². The molecule has 1 atom stereocenters. The number of fused-ring (bicyclic) bond motifs is 1. The van der Waals surface area contributed by atoms with Crippen molar-refractivity contribution in [2.75, 3.05) is 58.9 Å². The summed E-state index contributed by atoms with van der Waals surface area (Å²) in [6.45, 7) is 5.90. The third-order valence-corrected chi connectivity index (χ3v) is 4.17. The van der Waals surface area contributed by atoms with Crippen molar-refractivity contribution in [3.63, 3.8) is 0 Å². The lowest BCUT2D eigenvalue weighted by Crippen LogP contribution is -2.31. The number of methoxy groups -OCH3 is 2. The lowest BCUT2D eigenvalue weighted by molar-refractivity contribution is 0.131. The predicted octanol–water partition coefficient (Wildman–Crippen LogP) is 2.57. The van der Waals surface area contributed by atoms with Crippen molar-refractivity contribution < 1.29 is 9.47 Å². The van der Waals surface area contributed by atoms with Gasteiger partial charge in [-0.15, -0.1) is 0 Å². The summed E-state index contributed by atoms with van der Waals surface area (Å²) in [7, 11) is 3.53. The molecule has 4 heteroatoms. The van der Waals surface area contributed by atoms with E-state index in [1.165, 1.54) is 17.7 Å². The average molecular weight is 292 g/mol. The second kappa shape index (κ2) is 9.03. The highest BCUT2D eigenvalue weighted by Gasteiger charge is 2.21. The lowest BCUT2D eigenvalue weighted by atomic mass is 9.98. The minimum atomic E-state index is 0.633. The zero-order valence-corrected chi connectivity index (χ0v) is 13.3. The number of hydrogen-bond donors (Lipinski definition) is 1. The van der Waals surface area contributed by atoms with Gasteiger partial charge in [-0.25, -0.2) is 0 Å². The number of nitrogens with zero attached hydrogens (tertiary/aromatic N) is 1. The molecule has 1 unspecified atom stereocenters. The minimum Gasteiger partial charge on any atom is -0.385 e. The maximum atomic E-state index is 5.22. The summed E-state index contributed by atoms with van der Waals surface area (Å²) in [5.41, 5.74) is 2.78. The van der Waals surface area contributed by atoms with Crippen molar-refractivity contribution in [1.29, 1.82) is 0 Å². The third-order valence-electron chi connectivity index (χ3n) is 4.17. The van der Waals surface area contributed by atoms with Crippen molar-refractivity contribution >= 4 is 5.69 Å². The molecule has 0 spiro atoms. The summed E-state index contributed by atoms with van der Waals surface area (Å²) in [6, 6.07) is 8.67. The van der Waals surface area contributed by atoms with Gasteiger partial charge in [0.1, 0.15) is 0 Å². The summed E-state index contributed by atoms with van der Waals surface area (Å²) in [6.07, 6.45) is 2.28. The number of ether oxygens (including phenoxy) is 2. The van der Waals surface area contributed by atoms with Crippen molar-refractivity contribution in [3.8, 4) is 0 Å². The van der Waals surface area contributed by atoms with Crippen molar-refractivity contribution in [2.24, 2.45) is 0 Å². The third kappa shape index (κ3) is 4.99. The molecule has 0 bridgehead atoms. The Labute approximate surface area is 128 Å². The van der Waals surface area contributed by atoms with E-state index in [4.69, 9.17) is 9.47 Å². The number of rotatable bonds is 10. The van der Waals surface area contributed by atoms with Gasteiger partial charge in [0.05, 0.1) is 6.61 Å². The van der Waals surface area contributed by atoms with Gasteiger partial charge in [0.15, 0.2) is 0 Å². The van der Waals surface area contributed by atoms with Crippen LogP contribution in [0.1, 0.15) is 24.3 Å². The number of nitrogens with one attached hydrogen (secondary N) is 1. The summed E-state index contributed by atoms with van der Waals surface area (Å²) in [4.78, 5) is 2.49. The van der Waals surface area contributed by atoms with Gasteiger partial charge in [-0.1, -0.05) is 18.2 Å². The zero-order valence-electron chi connectivity index (χ0n) is 13.3. The van der Waals surface area contributed by atoms with Gasteiger partial charge >= 0.3 is 0 Å². The van der Waals surface area contributed by atoms with Crippen molar-refractivity contribution in [3.05, 3.63) is 29.8 Å². The van der Waals surface area contributed by atoms with E-state index in [1.807, 2.05) is 0 Å². The Kier molecular flexibility index (Phi) is 7.00. The van der Waals surface area contributed by atoms with Gasteiger partial charge in [-0.05, 0) is 31.0 Å². The number of para-hydroxylation sites is 1. The highest BCUT2D eigenvalue weighted by Crippen LogP contribution is 2.33. The van der Waals surface area contributed by atoms with E-state index in [9.17, 15) is 0 Å². The predicted molar refractivity (Wildman–Crippen MR) is 87.1 cm³/mol. The fourth-order valence-electron chi connectivity index (χ4n) is 2.94. The van der Waals surface area contributed by atoms with E-state index in [0.29, 0.717) is 5.92 Å².